The minimum atomic E-state index is -0.475. The third-order valence-corrected chi connectivity index (χ3v) is 4.74. The third kappa shape index (κ3) is 4.32. The summed E-state index contributed by atoms with van der Waals surface area (Å²) in [5.74, 6) is 0.714. The number of rotatable bonds is 8. The Labute approximate surface area is 165 Å². The van der Waals surface area contributed by atoms with E-state index >= 15 is 0 Å². The van der Waals surface area contributed by atoms with Crippen LogP contribution >= 0.6 is 0 Å². The zero-order valence-electron chi connectivity index (χ0n) is 16.8. The van der Waals surface area contributed by atoms with Gasteiger partial charge in [0.2, 0.25) is 5.91 Å². The second-order valence-electron chi connectivity index (χ2n) is 6.93. The number of H-pyrrole nitrogens is 1. The number of likely N-dealkylation sites (N-methyl/N-ethyl adjacent to an activating group) is 2. The minimum absolute atomic E-state index is 0.0135. The molecule has 7 heteroatoms. The lowest BCUT2D eigenvalue weighted by Gasteiger charge is -2.29. The van der Waals surface area contributed by atoms with Crippen LogP contribution in [0.3, 0.4) is 0 Å². The Hall–Kier alpha value is -2.90. The van der Waals surface area contributed by atoms with Gasteiger partial charge in [0, 0.05) is 24.2 Å². The predicted molar refractivity (Wildman–Crippen MR) is 112 cm³/mol. The minimum Gasteiger partial charge on any atom is -0.497 e. The van der Waals surface area contributed by atoms with E-state index in [4.69, 9.17) is 4.74 Å². The van der Waals surface area contributed by atoms with Crippen LogP contribution < -0.4 is 15.0 Å². The number of methoxy groups -OCH3 is 1. The molecule has 0 bridgehead atoms. The Morgan fingerprint density at radius 3 is 2.75 bits per heavy atom. The number of ether oxygens (including phenoxy) is 1. The first-order valence-electron chi connectivity index (χ1n) is 9.24. The van der Waals surface area contributed by atoms with Crippen molar-refractivity contribution in [1.29, 1.82) is 0 Å². The van der Waals surface area contributed by atoms with Crippen molar-refractivity contribution in [1.82, 2.24) is 20.4 Å². The van der Waals surface area contributed by atoms with E-state index in [1.54, 1.807) is 20.4 Å². The number of amides is 1. The van der Waals surface area contributed by atoms with E-state index in [-0.39, 0.29) is 5.91 Å². The number of benzene rings is 2. The lowest BCUT2D eigenvalue weighted by Crippen LogP contribution is -2.43. The van der Waals surface area contributed by atoms with E-state index in [2.05, 4.69) is 20.4 Å². The van der Waals surface area contributed by atoms with Gasteiger partial charge in [-0.25, -0.2) is 0 Å². The lowest BCUT2D eigenvalue weighted by molar-refractivity contribution is -0.120. The highest BCUT2D eigenvalue weighted by Gasteiger charge is 2.26. The molecule has 1 amide bonds. The lowest BCUT2D eigenvalue weighted by atomic mass is 10.0. The summed E-state index contributed by atoms with van der Waals surface area (Å²) < 4.78 is 5.32. The van der Waals surface area contributed by atoms with Crippen molar-refractivity contribution in [3.05, 3.63) is 54.2 Å². The summed E-state index contributed by atoms with van der Waals surface area (Å²) in [6.07, 6.45) is 1.77. The van der Waals surface area contributed by atoms with Gasteiger partial charge in [0.25, 0.3) is 0 Å². The van der Waals surface area contributed by atoms with Gasteiger partial charge in [-0.2, -0.15) is 5.10 Å². The Morgan fingerprint density at radius 1 is 1.21 bits per heavy atom. The number of hydrogen-bond donors (Lipinski definition) is 2. The van der Waals surface area contributed by atoms with Gasteiger partial charge < -0.3 is 19.9 Å². The number of aromatic amines is 1. The molecule has 0 saturated heterocycles. The third-order valence-electron chi connectivity index (χ3n) is 4.74. The van der Waals surface area contributed by atoms with Crippen LogP contribution in [0.25, 0.3) is 10.9 Å². The first kappa shape index (κ1) is 19.9. The molecule has 28 heavy (non-hydrogen) atoms. The number of carbonyl (C=O) groups excluding carboxylic acids is 1. The first-order chi connectivity index (χ1) is 13.5. The van der Waals surface area contributed by atoms with Crippen molar-refractivity contribution in [2.24, 2.45) is 0 Å². The molecule has 0 aliphatic rings. The number of nitrogens with one attached hydrogen (secondary N) is 2. The number of aromatic nitrogens is 2. The van der Waals surface area contributed by atoms with Gasteiger partial charge in [-0.15, -0.1) is 0 Å². The maximum Gasteiger partial charge on any atom is 0.248 e. The zero-order valence-corrected chi connectivity index (χ0v) is 16.8. The normalized spacial score (nSPS) is 12.3. The molecule has 0 fully saturated rings. The maximum absolute atomic E-state index is 13.5. The molecule has 148 valence electrons. The van der Waals surface area contributed by atoms with Crippen molar-refractivity contribution in [2.75, 3.05) is 46.2 Å². The van der Waals surface area contributed by atoms with Crippen LogP contribution in [0.5, 0.6) is 5.75 Å². The fourth-order valence-electron chi connectivity index (χ4n) is 3.17. The molecule has 0 spiro atoms. The molecule has 0 radical (unpaired) electrons. The molecule has 1 unspecified atom stereocenters. The van der Waals surface area contributed by atoms with E-state index in [0.29, 0.717) is 6.54 Å². The van der Waals surface area contributed by atoms with Crippen LogP contribution in [0.4, 0.5) is 5.69 Å². The standard InChI is InChI=1S/C21H27N5O2/c1-22-20(15-6-5-7-18(13-15)28-4)21(27)26(11-10-25(2)3)17-8-9-19-16(12-17)14-23-24-19/h5-9,12-14,20,22H,10-11H2,1-4H3,(H,23,24). The van der Waals surface area contributed by atoms with Gasteiger partial charge in [0.1, 0.15) is 11.8 Å². The quantitative estimate of drug-likeness (QED) is 0.627. The van der Waals surface area contributed by atoms with Crippen molar-refractivity contribution in [2.45, 2.75) is 6.04 Å². The van der Waals surface area contributed by atoms with Gasteiger partial charge in [-0.05, 0) is 57.0 Å². The monoisotopic (exact) mass is 381 g/mol. The number of nitrogens with zero attached hydrogens (tertiary/aromatic N) is 3. The molecule has 0 aliphatic carbocycles. The van der Waals surface area contributed by atoms with E-state index in [1.165, 1.54) is 0 Å². The SMILES string of the molecule is CNC(C(=O)N(CCN(C)C)c1ccc2[nH]ncc2c1)c1cccc(OC)c1. The van der Waals surface area contributed by atoms with Crippen LogP contribution in [-0.4, -0.2) is 62.3 Å². The van der Waals surface area contributed by atoms with Gasteiger partial charge in [-0.3, -0.25) is 9.89 Å². The van der Waals surface area contributed by atoms with Crippen LogP contribution in [-0.2, 0) is 4.79 Å². The molecular formula is C21H27N5O2. The number of anilines is 1. The molecule has 3 rings (SSSR count). The Bertz CT molecular complexity index is 937. The second kappa shape index (κ2) is 8.86. The molecule has 1 heterocycles. The molecule has 0 aliphatic heterocycles. The topological polar surface area (TPSA) is 73.5 Å². The predicted octanol–water partition coefficient (Wildman–Crippen LogP) is 2.43. The van der Waals surface area contributed by atoms with Gasteiger partial charge in [0.15, 0.2) is 0 Å². The summed E-state index contributed by atoms with van der Waals surface area (Å²) in [7, 11) is 7.42. The molecule has 7 nitrogen and oxygen atoms in total. The highest BCUT2D eigenvalue weighted by molar-refractivity contribution is 5.99. The average molecular weight is 381 g/mol. The van der Waals surface area contributed by atoms with E-state index < -0.39 is 6.04 Å². The number of hydrogen-bond acceptors (Lipinski definition) is 5. The average Bonchev–Trinajstić information content (AvgIpc) is 3.16. The fourth-order valence-corrected chi connectivity index (χ4v) is 3.17. The van der Waals surface area contributed by atoms with Crippen molar-refractivity contribution in [3.63, 3.8) is 0 Å². The molecule has 1 atom stereocenters. The molecule has 0 saturated carbocycles. The molecular weight excluding hydrogens is 354 g/mol. The van der Waals surface area contributed by atoms with Crippen LogP contribution in [0, 0.1) is 0 Å². The van der Waals surface area contributed by atoms with Crippen molar-refractivity contribution in [3.8, 4) is 5.75 Å². The molecule has 2 aromatic carbocycles. The van der Waals surface area contributed by atoms with E-state index in [0.717, 1.165) is 34.4 Å². The van der Waals surface area contributed by atoms with Crippen LogP contribution in [0.15, 0.2) is 48.7 Å². The van der Waals surface area contributed by atoms with Gasteiger partial charge >= 0.3 is 0 Å². The smallest absolute Gasteiger partial charge is 0.248 e. The maximum atomic E-state index is 13.5. The molecule has 3 aromatic rings. The summed E-state index contributed by atoms with van der Waals surface area (Å²) in [6, 6.07) is 13.0. The van der Waals surface area contributed by atoms with Gasteiger partial charge in [0.05, 0.1) is 18.8 Å². The first-order valence-corrected chi connectivity index (χ1v) is 9.24. The second-order valence-corrected chi connectivity index (χ2v) is 6.93. The van der Waals surface area contributed by atoms with E-state index in [9.17, 15) is 4.79 Å². The summed E-state index contributed by atoms with van der Waals surface area (Å²) in [5.41, 5.74) is 2.66. The summed E-state index contributed by atoms with van der Waals surface area (Å²) in [4.78, 5) is 17.4. The number of fused-ring (bicyclic) bond motifs is 1. The van der Waals surface area contributed by atoms with Crippen molar-refractivity contribution < 1.29 is 9.53 Å². The summed E-state index contributed by atoms with van der Waals surface area (Å²) >= 11 is 0. The summed E-state index contributed by atoms with van der Waals surface area (Å²) in [6.45, 7) is 1.33. The van der Waals surface area contributed by atoms with Crippen LogP contribution in [0.1, 0.15) is 11.6 Å². The Morgan fingerprint density at radius 2 is 2.04 bits per heavy atom. The highest BCUT2D eigenvalue weighted by atomic mass is 16.5. The van der Waals surface area contributed by atoms with Crippen LogP contribution in [0.2, 0.25) is 0 Å². The summed E-state index contributed by atoms with van der Waals surface area (Å²) in [5, 5.41) is 11.2. The van der Waals surface area contributed by atoms with E-state index in [1.807, 2.05) is 61.5 Å². The highest BCUT2D eigenvalue weighted by Crippen LogP contribution is 2.26. The molecule has 1 aromatic heterocycles. The Kier molecular flexibility index (Phi) is 6.28. The largest absolute Gasteiger partial charge is 0.497 e. The Balaban J connectivity index is 1.95. The molecule has 2 N–H and O–H groups in total. The zero-order chi connectivity index (χ0) is 20.1. The number of carbonyl (C=O) groups is 1. The van der Waals surface area contributed by atoms with Crippen molar-refractivity contribution >= 4 is 22.5 Å². The fraction of sp³-hybridized carbons (Fsp3) is 0.333. The van der Waals surface area contributed by atoms with Gasteiger partial charge in [-0.1, -0.05) is 12.1 Å².